The second-order valence-corrected chi connectivity index (χ2v) is 8.28. The normalized spacial score (nSPS) is 11.6. The Labute approximate surface area is 196 Å². The zero-order chi connectivity index (χ0) is 23.4. The Hall–Kier alpha value is -3.64. The average Bonchev–Trinajstić information content (AvgIpc) is 3.21. The summed E-state index contributed by atoms with van der Waals surface area (Å²) < 4.78 is 14.0. The number of carbonyl (C=O) groups is 1. The third kappa shape index (κ3) is 5.41. The van der Waals surface area contributed by atoms with Crippen LogP contribution in [0.1, 0.15) is 27.0 Å². The van der Waals surface area contributed by atoms with E-state index in [2.05, 4.69) is 26.7 Å². The van der Waals surface area contributed by atoms with E-state index in [1.165, 1.54) is 6.07 Å². The van der Waals surface area contributed by atoms with Crippen molar-refractivity contribution in [2.24, 2.45) is 4.99 Å². The number of H-pyrrole nitrogens is 1. The molecule has 0 saturated carbocycles. The summed E-state index contributed by atoms with van der Waals surface area (Å²) >= 11 is 6.15. The van der Waals surface area contributed by atoms with Gasteiger partial charge < -0.3 is 10.3 Å². The van der Waals surface area contributed by atoms with Gasteiger partial charge in [0.25, 0.3) is 5.91 Å². The Kier molecular flexibility index (Phi) is 6.75. The molecule has 5 nitrogen and oxygen atoms in total. The van der Waals surface area contributed by atoms with Gasteiger partial charge in [0.05, 0.1) is 0 Å². The maximum atomic E-state index is 14.0. The summed E-state index contributed by atoms with van der Waals surface area (Å²) in [7, 11) is 0. The highest BCUT2D eigenvalue weighted by Crippen LogP contribution is 2.21. The molecule has 0 saturated heterocycles. The van der Waals surface area contributed by atoms with Crippen LogP contribution in [-0.2, 0) is 6.42 Å². The fourth-order valence-corrected chi connectivity index (χ4v) is 3.68. The Morgan fingerprint density at radius 2 is 1.85 bits per heavy atom. The molecule has 0 spiro atoms. The summed E-state index contributed by atoms with van der Waals surface area (Å²) in [5.74, 6) is -0.614. The van der Waals surface area contributed by atoms with Gasteiger partial charge in [0.1, 0.15) is 5.82 Å². The summed E-state index contributed by atoms with van der Waals surface area (Å²) in [5, 5.41) is 7.65. The van der Waals surface area contributed by atoms with Crippen LogP contribution in [0.5, 0.6) is 0 Å². The maximum Gasteiger partial charge on any atom is 0.258 e. The van der Waals surface area contributed by atoms with Crippen molar-refractivity contribution in [1.82, 2.24) is 10.3 Å². The van der Waals surface area contributed by atoms with Crippen LogP contribution in [0.3, 0.4) is 0 Å². The topological polar surface area (TPSA) is 69.3 Å². The van der Waals surface area contributed by atoms with E-state index < -0.39 is 11.7 Å². The number of carbonyl (C=O) groups excluding carboxylic acids is 1. The zero-order valence-corrected chi connectivity index (χ0v) is 19.1. The van der Waals surface area contributed by atoms with E-state index in [9.17, 15) is 9.18 Å². The lowest BCUT2D eigenvalue weighted by Crippen LogP contribution is -2.36. The molecule has 1 aromatic heterocycles. The standard InChI is InChI=1S/C26H24ClFN4O/c1-16-7-9-18(13-22(16)28)25(33)32-26(31-24-14-20(27)10-8-17(24)2)29-12-11-19-15-30-23-6-4-3-5-21(19)23/h3-10,13-15,30H,11-12H2,1-2H3,(H2,29,31,32,33). The lowest BCUT2D eigenvalue weighted by molar-refractivity contribution is 0.0976. The van der Waals surface area contributed by atoms with Crippen molar-refractivity contribution in [3.05, 3.63) is 100.0 Å². The Morgan fingerprint density at radius 3 is 2.67 bits per heavy atom. The number of aryl methyl sites for hydroxylation is 2. The molecule has 4 aromatic rings. The molecule has 0 aliphatic carbocycles. The number of guanidine groups is 1. The van der Waals surface area contributed by atoms with Crippen LogP contribution in [-0.4, -0.2) is 23.4 Å². The highest BCUT2D eigenvalue weighted by atomic mass is 35.5. The lowest BCUT2D eigenvalue weighted by atomic mass is 10.1. The number of hydrogen-bond acceptors (Lipinski definition) is 2. The molecule has 7 heteroatoms. The summed E-state index contributed by atoms with van der Waals surface area (Å²) in [6.45, 7) is 4.02. The molecule has 0 radical (unpaired) electrons. The number of anilines is 1. The van der Waals surface area contributed by atoms with Gasteiger partial charge in [-0.1, -0.05) is 41.9 Å². The van der Waals surface area contributed by atoms with Gasteiger partial charge in [-0.05, 0) is 67.3 Å². The number of hydrogen-bond donors (Lipinski definition) is 3. The molecular weight excluding hydrogens is 439 g/mol. The van der Waals surface area contributed by atoms with Crippen LogP contribution in [0.4, 0.5) is 10.1 Å². The molecule has 4 rings (SSSR count). The SMILES string of the molecule is Cc1ccc(C(=O)NC(=NCCc2c[nH]c3ccccc23)Nc2cc(Cl)ccc2C)cc1F. The first kappa shape index (κ1) is 22.6. The molecule has 33 heavy (non-hydrogen) atoms. The third-order valence-electron chi connectivity index (χ3n) is 5.44. The number of nitrogens with one attached hydrogen (secondary N) is 3. The molecule has 0 fully saturated rings. The monoisotopic (exact) mass is 462 g/mol. The molecule has 3 aromatic carbocycles. The maximum absolute atomic E-state index is 14.0. The first-order valence-electron chi connectivity index (χ1n) is 10.6. The predicted molar refractivity (Wildman–Crippen MR) is 133 cm³/mol. The Balaban J connectivity index is 1.56. The molecule has 0 aliphatic rings. The molecular formula is C26H24ClFN4O. The Bertz CT molecular complexity index is 1350. The van der Waals surface area contributed by atoms with Gasteiger partial charge >= 0.3 is 0 Å². The minimum absolute atomic E-state index is 0.215. The fraction of sp³-hybridized carbons (Fsp3) is 0.154. The highest BCUT2D eigenvalue weighted by molar-refractivity contribution is 6.31. The molecule has 3 N–H and O–H groups in total. The van der Waals surface area contributed by atoms with Crippen molar-refractivity contribution < 1.29 is 9.18 Å². The van der Waals surface area contributed by atoms with Crippen molar-refractivity contribution in [3.8, 4) is 0 Å². The number of aromatic amines is 1. The van der Waals surface area contributed by atoms with Crippen LogP contribution in [0, 0.1) is 19.7 Å². The average molecular weight is 463 g/mol. The Morgan fingerprint density at radius 1 is 1.06 bits per heavy atom. The van der Waals surface area contributed by atoms with Crippen LogP contribution >= 0.6 is 11.6 Å². The zero-order valence-electron chi connectivity index (χ0n) is 18.4. The molecule has 0 bridgehead atoms. The number of halogens is 2. The smallest absolute Gasteiger partial charge is 0.258 e. The molecule has 0 aliphatic heterocycles. The van der Waals surface area contributed by atoms with Crippen LogP contribution in [0.15, 0.2) is 71.9 Å². The molecule has 1 amide bonds. The van der Waals surface area contributed by atoms with Gasteiger partial charge in [-0.2, -0.15) is 0 Å². The van der Waals surface area contributed by atoms with E-state index in [1.807, 2.05) is 37.4 Å². The third-order valence-corrected chi connectivity index (χ3v) is 5.68. The summed E-state index contributed by atoms with van der Waals surface area (Å²) in [5.41, 5.74) is 4.57. The van der Waals surface area contributed by atoms with Crippen molar-refractivity contribution in [2.45, 2.75) is 20.3 Å². The second-order valence-electron chi connectivity index (χ2n) is 7.84. The van der Waals surface area contributed by atoms with Gasteiger partial charge in [0.2, 0.25) is 5.96 Å². The number of aromatic nitrogens is 1. The molecule has 0 unspecified atom stereocenters. The number of nitrogens with zero attached hydrogens (tertiary/aromatic N) is 1. The van der Waals surface area contributed by atoms with Gasteiger partial charge in [0, 0.05) is 39.9 Å². The highest BCUT2D eigenvalue weighted by Gasteiger charge is 2.13. The number of aliphatic imine (C=N–C) groups is 1. The first-order valence-corrected chi connectivity index (χ1v) is 11.0. The number of rotatable bonds is 5. The van der Waals surface area contributed by atoms with Crippen LogP contribution < -0.4 is 10.6 Å². The van der Waals surface area contributed by atoms with Crippen molar-refractivity contribution in [1.29, 1.82) is 0 Å². The summed E-state index contributed by atoms with van der Waals surface area (Å²) in [6.07, 6.45) is 2.65. The van der Waals surface area contributed by atoms with E-state index in [4.69, 9.17) is 11.6 Å². The fourth-order valence-electron chi connectivity index (χ4n) is 3.51. The van der Waals surface area contributed by atoms with Gasteiger partial charge in [-0.15, -0.1) is 0 Å². The number of fused-ring (bicyclic) bond motifs is 1. The minimum Gasteiger partial charge on any atom is -0.361 e. The molecule has 0 atom stereocenters. The lowest BCUT2D eigenvalue weighted by Gasteiger charge is -2.14. The van der Waals surface area contributed by atoms with Crippen LogP contribution in [0.2, 0.25) is 5.02 Å². The van der Waals surface area contributed by atoms with Crippen LogP contribution in [0.25, 0.3) is 10.9 Å². The first-order chi connectivity index (χ1) is 15.9. The van der Waals surface area contributed by atoms with Gasteiger partial charge in [-0.25, -0.2) is 4.39 Å². The quantitative estimate of drug-likeness (QED) is 0.251. The molecule has 168 valence electrons. The number of amides is 1. The van der Waals surface area contributed by atoms with E-state index in [-0.39, 0.29) is 11.5 Å². The van der Waals surface area contributed by atoms with Gasteiger partial charge in [0.15, 0.2) is 0 Å². The van der Waals surface area contributed by atoms with E-state index in [0.29, 0.717) is 23.6 Å². The largest absolute Gasteiger partial charge is 0.361 e. The summed E-state index contributed by atoms with van der Waals surface area (Å²) in [6, 6.07) is 17.9. The van der Waals surface area contributed by atoms with Crippen molar-refractivity contribution in [3.63, 3.8) is 0 Å². The van der Waals surface area contributed by atoms with E-state index >= 15 is 0 Å². The van der Waals surface area contributed by atoms with E-state index in [0.717, 1.165) is 27.7 Å². The van der Waals surface area contributed by atoms with E-state index in [1.54, 1.807) is 31.2 Å². The minimum atomic E-state index is -0.452. The molecule has 1 heterocycles. The van der Waals surface area contributed by atoms with Gasteiger partial charge in [-0.3, -0.25) is 15.1 Å². The number of para-hydroxylation sites is 1. The van der Waals surface area contributed by atoms with Crippen molar-refractivity contribution in [2.75, 3.05) is 11.9 Å². The summed E-state index contributed by atoms with van der Waals surface area (Å²) in [4.78, 5) is 20.7. The number of benzene rings is 3. The second kappa shape index (κ2) is 9.88. The predicted octanol–water partition coefficient (Wildman–Crippen LogP) is 6.02. The van der Waals surface area contributed by atoms with Crippen molar-refractivity contribution >= 4 is 40.1 Å².